The van der Waals surface area contributed by atoms with Gasteiger partial charge in [-0.15, -0.1) is 5.10 Å². The molecule has 3 heterocycles. The molecule has 2 aromatic heterocycles. The SMILES string of the molecule is O=C(CCc1ccsc1)N1CCCN(c2cccnn2)CC1. The Hall–Kier alpha value is -1.95. The van der Waals surface area contributed by atoms with Crippen molar-refractivity contribution in [3.8, 4) is 0 Å². The van der Waals surface area contributed by atoms with E-state index in [1.807, 2.05) is 17.0 Å². The highest BCUT2D eigenvalue weighted by Crippen LogP contribution is 2.14. The van der Waals surface area contributed by atoms with Crippen LogP contribution in [0.2, 0.25) is 0 Å². The van der Waals surface area contributed by atoms with Gasteiger partial charge in [0.2, 0.25) is 5.91 Å². The molecular weight excluding hydrogens is 296 g/mol. The highest BCUT2D eigenvalue weighted by atomic mass is 32.1. The largest absolute Gasteiger partial charge is 0.353 e. The lowest BCUT2D eigenvalue weighted by Gasteiger charge is -2.22. The maximum absolute atomic E-state index is 12.4. The van der Waals surface area contributed by atoms with E-state index in [0.717, 1.165) is 44.8 Å². The minimum atomic E-state index is 0.257. The van der Waals surface area contributed by atoms with Gasteiger partial charge >= 0.3 is 0 Å². The number of aromatic nitrogens is 2. The number of thiophene rings is 1. The number of carbonyl (C=O) groups excluding carboxylic acids is 1. The summed E-state index contributed by atoms with van der Waals surface area (Å²) < 4.78 is 0. The number of nitrogens with zero attached hydrogens (tertiary/aromatic N) is 4. The van der Waals surface area contributed by atoms with Crippen LogP contribution in [0, 0.1) is 0 Å². The zero-order valence-corrected chi connectivity index (χ0v) is 13.3. The first kappa shape index (κ1) is 15.0. The van der Waals surface area contributed by atoms with Crippen molar-refractivity contribution in [1.82, 2.24) is 15.1 Å². The molecule has 116 valence electrons. The van der Waals surface area contributed by atoms with E-state index in [0.29, 0.717) is 6.42 Å². The summed E-state index contributed by atoms with van der Waals surface area (Å²) in [5.41, 5.74) is 1.26. The summed E-state index contributed by atoms with van der Waals surface area (Å²) in [4.78, 5) is 16.6. The topological polar surface area (TPSA) is 49.3 Å². The molecule has 0 saturated carbocycles. The van der Waals surface area contributed by atoms with Crippen LogP contribution >= 0.6 is 11.3 Å². The molecule has 0 aromatic carbocycles. The number of hydrogen-bond donors (Lipinski definition) is 0. The number of anilines is 1. The number of aryl methyl sites for hydroxylation is 1. The minimum absolute atomic E-state index is 0.257. The Morgan fingerprint density at radius 1 is 1.23 bits per heavy atom. The van der Waals surface area contributed by atoms with Gasteiger partial charge in [-0.05, 0) is 47.4 Å². The molecule has 1 amide bonds. The maximum atomic E-state index is 12.4. The average molecular weight is 316 g/mol. The van der Waals surface area contributed by atoms with E-state index in [9.17, 15) is 4.79 Å². The molecule has 0 N–H and O–H groups in total. The summed E-state index contributed by atoms with van der Waals surface area (Å²) >= 11 is 1.68. The summed E-state index contributed by atoms with van der Waals surface area (Å²) in [7, 11) is 0. The second-order valence-electron chi connectivity index (χ2n) is 5.43. The highest BCUT2D eigenvalue weighted by molar-refractivity contribution is 7.07. The second-order valence-corrected chi connectivity index (χ2v) is 6.21. The summed E-state index contributed by atoms with van der Waals surface area (Å²) in [5.74, 6) is 1.15. The molecule has 1 fully saturated rings. The molecule has 1 aliphatic heterocycles. The molecule has 1 saturated heterocycles. The quantitative estimate of drug-likeness (QED) is 0.868. The Bertz CT molecular complexity index is 587. The maximum Gasteiger partial charge on any atom is 0.222 e. The van der Waals surface area contributed by atoms with E-state index in [4.69, 9.17) is 0 Å². The molecule has 6 heteroatoms. The molecule has 3 rings (SSSR count). The first-order valence-corrected chi connectivity index (χ1v) is 8.59. The molecule has 1 aliphatic rings. The van der Waals surface area contributed by atoms with Crippen LogP contribution in [0.3, 0.4) is 0 Å². The van der Waals surface area contributed by atoms with Crippen LogP contribution in [0.25, 0.3) is 0 Å². The number of hydrogen-bond acceptors (Lipinski definition) is 5. The van der Waals surface area contributed by atoms with Gasteiger partial charge in [0.15, 0.2) is 5.82 Å². The van der Waals surface area contributed by atoms with Crippen molar-refractivity contribution < 1.29 is 4.79 Å². The van der Waals surface area contributed by atoms with Crippen LogP contribution in [0.15, 0.2) is 35.2 Å². The van der Waals surface area contributed by atoms with Gasteiger partial charge in [-0.1, -0.05) is 0 Å². The Kier molecular flexibility index (Phi) is 5.00. The average Bonchev–Trinajstić information content (AvgIpc) is 2.96. The van der Waals surface area contributed by atoms with Gasteiger partial charge in [0.05, 0.1) is 0 Å². The van der Waals surface area contributed by atoms with Crippen LogP contribution in [0.4, 0.5) is 5.82 Å². The third kappa shape index (κ3) is 3.82. The lowest BCUT2D eigenvalue weighted by molar-refractivity contribution is -0.130. The lowest BCUT2D eigenvalue weighted by Crippen LogP contribution is -2.35. The predicted octanol–water partition coefficient (Wildman–Crippen LogP) is 2.21. The molecule has 0 radical (unpaired) electrons. The van der Waals surface area contributed by atoms with Gasteiger partial charge in [-0.3, -0.25) is 4.79 Å². The Labute approximate surface area is 134 Å². The normalized spacial score (nSPS) is 15.6. The van der Waals surface area contributed by atoms with E-state index in [1.54, 1.807) is 17.5 Å². The molecule has 0 aliphatic carbocycles. The third-order valence-corrected chi connectivity index (χ3v) is 4.67. The highest BCUT2D eigenvalue weighted by Gasteiger charge is 2.19. The number of carbonyl (C=O) groups is 1. The van der Waals surface area contributed by atoms with Crippen molar-refractivity contribution in [3.63, 3.8) is 0 Å². The Morgan fingerprint density at radius 2 is 2.18 bits per heavy atom. The van der Waals surface area contributed by atoms with Gasteiger partial charge in [-0.2, -0.15) is 16.4 Å². The number of rotatable bonds is 4. The lowest BCUT2D eigenvalue weighted by atomic mass is 10.2. The van der Waals surface area contributed by atoms with Gasteiger partial charge in [0.25, 0.3) is 0 Å². The molecule has 5 nitrogen and oxygen atoms in total. The monoisotopic (exact) mass is 316 g/mol. The van der Waals surface area contributed by atoms with E-state index >= 15 is 0 Å². The molecule has 0 atom stereocenters. The smallest absolute Gasteiger partial charge is 0.222 e. The van der Waals surface area contributed by atoms with Crippen molar-refractivity contribution in [2.75, 3.05) is 31.1 Å². The van der Waals surface area contributed by atoms with Gasteiger partial charge in [-0.25, -0.2) is 0 Å². The van der Waals surface area contributed by atoms with Crippen LogP contribution in [0.5, 0.6) is 0 Å². The molecule has 0 spiro atoms. The fraction of sp³-hybridized carbons (Fsp3) is 0.438. The van der Waals surface area contributed by atoms with Crippen molar-refractivity contribution in [3.05, 3.63) is 40.7 Å². The predicted molar refractivity (Wildman–Crippen MR) is 88.1 cm³/mol. The summed E-state index contributed by atoms with van der Waals surface area (Å²) in [6.45, 7) is 3.34. The Morgan fingerprint density at radius 3 is 2.95 bits per heavy atom. The van der Waals surface area contributed by atoms with Crippen LogP contribution in [0.1, 0.15) is 18.4 Å². The first-order chi connectivity index (χ1) is 10.8. The van der Waals surface area contributed by atoms with E-state index in [2.05, 4.69) is 31.9 Å². The molecule has 0 unspecified atom stereocenters. The molecule has 2 aromatic rings. The van der Waals surface area contributed by atoms with Gasteiger partial charge < -0.3 is 9.80 Å². The van der Waals surface area contributed by atoms with Gasteiger partial charge in [0.1, 0.15) is 0 Å². The van der Waals surface area contributed by atoms with Crippen molar-refractivity contribution >= 4 is 23.1 Å². The van der Waals surface area contributed by atoms with Crippen molar-refractivity contribution in [1.29, 1.82) is 0 Å². The first-order valence-electron chi connectivity index (χ1n) is 7.64. The van der Waals surface area contributed by atoms with E-state index in [-0.39, 0.29) is 5.91 Å². The minimum Gasteiger partial charge on any atom is -0.353 e. The van der Waals surface area contributed by atoms with Crippen LogP contribution in [-0.4, -0.2) is 47.2 Å². The summed E-state index contributed by atoms with van der Waals surface area (Å²) in [5, 5.41) is 12.3. The summed E-state index contributed by atoms with van der Waals surface area (Å²) in [6.07, 6.45) is 4.09. The summed E-state index contributed by atoms with van der Waals surface area (Å²) in [6, 6.07) is 5.97. The Balaban J connectivity index is 1.52. The van der Waals surface area contributed by atoms with Crippen molar-refractivity contribution in [2.24, 2.45) is 0 Å². The van der Waals surface area contributed by atoms with E-state index < -0.39 is 0 Å². The fourth-order valence-corrected chi connectivity index (χ4v) is 3.41. The van der Waals surface area contributed by atoms with E-state index in [1.165, 1.54) is 5.56 Å². The standard InChI is InChI=1S/C16H20N4OS/c21-16(5-4-14-6-12-22-13-14)20-9-2-8-19(10-11-20)15-3-1-7-17-18-15/h1,3,6-7,12-13H,2,4-5,8-11H2. The zero-order chi connectivity index (χ0) is 15.2. The number of amides is 1. The molecule has 22 heavy (non-hydrogen) atoms. The van der Waals surface area contributed by atoms with Crippen LogP contribution in [-0.2, 0) is 11.2 Å². The molecule has 0 bridgehead atoms. The van der Waals surface area contributed by atoms with Crippen molar-refractivity contribution in [2.45, 2.75) is 19.3 Å². The zero-order valence-electron chi connectivity index (χ0n) is 12.5. The second kappa shape index (κ2) is 7.35. The van der Waals surface area contributed by atoms with Gasteiger partial charge in [0, 0.05) is 38.8 Å². The third-order valence-electron chi connectivity index (χ3n) is 3.94. The fourth-order valence-electron chi connectivity index (χ4n) is 2.70. The van der Waals surface area contributed by atoms with Crippen LogP contribution < -0.4 is 4.90 Å². The molecular formula is C16H20N4OS.